The van der Waals surface area contributed by atoms with Crippen LogP contribution in [0.25, 0.3) is 0 Å². The quantitative estimate of drug-likeness (QED) is 0.841. The molecular weight excluding hydrogens is 338 g/mol. The van der Waals surface area contributed by atoms with E-state index in [0.29, 0.717) is 19.7 Å². The Labute approximate surface area is 159 Å². The number of hydrogen-bond donors (Lipinski definition) is 1. The highest BCUT2D eigenvalue weighted by Gasteiger charge is 2.65. The lowest BCUT2D eigenvalue weighted by molar-refractivity contribution is 0.0565. The molecule has 2 aromatic rings. The number of rotatable bonds is 1. The number of benzene rings is 2. The van der Waals surface area contributed by atoms with Crippen molar-refractivity contribution in [1.82, 2.24) is 4.90 Å². The van der Waals surface area contributed by atoms with Gasteiger partial charge in [0.25, 0.3) is 0 Å². The Morgan fingerprint density at radius 2 is 1.96 bits per heavy atom. The van der Waals surface area contributed by atoms with Crippen molar-refractivity contribution in [3.8, 4) is 0 Å². The van der Waals surface area contributed by atoms with Gasteiger partial charge in [0.15, 0.2) is 0 Å². The van der Waals surface area contributed by atoms with Gasteiger partial charge in [-0.1, -0.05) is 36.4 Å². The summed E-state index contributed by atoms with van der Waals surface area (Å²) in [6.45, 7) is 3.58. The van der Waals surface area contributed by atoms with Crippen LogP contribution in [0.15, 0.2) is 48.5 Å². The van der Waals surface area contributed by atoms with Gasteiger partial charge in [-0.2, -0.15) is 0 Å². The molecule has 1 fully saturated rings. The van der Waals surface area contributed by atoms with E-state index in [1.165, 1.54) is 22.5 Å². The van der Waals surface area contributed by atoms with Gasteiger partial charge in [-0.3, -0.25) is 0 Å². The third kappa shape index (κ3) is 2.02. The predicted octanol–water partition coefficient (Wildman–Crippen LogP) is 3.60. The molecule has 5 rings (SSSR count). The third-order valence-corrected chi connectivity index (χ3v) is 6.75. The molecule has 3 aliphatic rings. The first-order chi connectivity index (χ1) is 13.1. The second-order valence-electron chi connectivity index (χ2n) is 7.85. The largest absolute Gasteiger partial charge is 0.450 e. The van der Waals surface area contributed by atoms with Crippen molar-refractivity contribution in [1.29, 1.82) is 0 Å². The molecule has 2 atom stereocenters. The van der Waals surface area contributed by atoms with Crippen molar-refractivity contribution in [3.63, 3.8) is 0 Å². The summed E-state index contributed by atoms with van der Waals surface area (Å²) >= 11 is 0. The van der Waals surface area contributed by atoms with Gasteiger partial charge in [-0.05, 0) is 43.0 Å². The fraction of sp³-hybridized carbons (Fsp3) is 0.409. The standard InChI is InChI=1S/C22H25N3O2/c1-3-27-20(26)25-13-12-21-14-16-8-4-6-10-18(16)23-22(21,15-25)24(2)19-11-7-5-9-17(19)21/h4-11,23H,3,12-15H2,1-2H3/t21-,22+/m0/s1. The lowest BCUT2D eigenvalue weighted by Gasteiger charge is -2.58. The average Bonchev–Trinajstić information content (AvgIpc) is 2.91. The van der Waals surface area contributed by atoms with Crippen LogP contribution in [-0.2, 0) is 16.6 Å². The van der Waals surface area contributed by atoms with Gasteiger partial charge in [-0.15, -0.1) is 0 Å². The van der Waals surface area contributed by atoms with Crippen LogP contribution in [0.1, 0.15) is 24.5 Å². The van der Waals surface area contributed by atoms with Crippen LogP contribution >= 0.6 is 0 Å². The van der Waals surface area contributed by atoms with E-state index in [0.717, 1.165) is 12.8 Å². The second kappa shape index (κ2) is 5.65. The highest BCUT2D eigenvalue weighted by atomic mass is 16.6. The van der Waals surface area contributed by atoms with Crippen molar-refractivity contribution in [2.45, 2.75) is 30.8 Å². The number of carbonyl (C=O) groups excluding carboxylic acids is 1. The number of ether oxygens (including phenoxy) is 1. The van der Waals surface area contributed by atoms with Gasteiger partial charge in [0, 0.05) is 30.4 Å². The summed E-state index contributed by atoms with van der Waals surface area (Å²) in [5.74, 6) is 0. The Kier molecular flexibility index (Phi) is 3.45. The zero-order valence-electron chi connectivity index (χ0n) is 15.9. The van der Waals surface area contributed by atoms with Crippen LogP contribution in [0.2, 0.25) is 0 Å². The first-order valence-electron chi connectivity index (χ1n) is 9.72. The molecule has 1 amide bonds. The predicted molar refractivity (Wildman–Crippen MR) is 106 cm³/mol. The molecule has 5 nitrogen and oxygen atoms in total. The van der Waals surface area contributed by atoms with Gasteiger partial charge in [-0.25, -0.2) is 4.79 Å². The number of likely N-dealkylation sites (tertiary alicyclic amines) is 1. The minimum Gasteiger partial charge on any atom is -0.450 e. The van der Waals surface area contributed by atoms with E-state index < -0.39 is 0 Å². The molecule has 0 aliphatic carbocycles. The zero-order chi connectivity index (χ0) is 18.6. The molecule has 3 aliphatic heterocycles. The van der Waals surface area contributed by atoms with Crippen molar-refractivity contribution in [2.24, 2.45) is 0 Å². The number of para-hydroxylation sites is 2. The molecule has 1 N–H and O–H groups in total. The lowest BCUT2D eigenvalue weighted by atomic mass is 9.62. The number of amides is 1. The summed E-state index contributed by atoms with van der Waals surface area (Å²) in [6.07, 6.45) is 1.67. The normalized spacial score (nSPS) is 27.8. The van der Waals surface area contributed by atoms with Crippen LogP contribution in [-0.4, -0.2) is 43.4 Å². The zero-order valence-corrected chi connectivity index (χ0v) is 15.9. The summed E-state index contributed by atoms with van der Waals surface area (Å²) in [6, 6.07) is 17.3. The van der Waals surface area contributed by atoms with Crippen LogP contribution in [0, 0.1) is 0 Å². The minimum atomic E-state index is -0.365. The fourth-order valence-corrected chi connectivity index (χ4v) is 5.49. The van der Waals surface area contributed by atoms with Gasteiger partial charge < -0.3 is 19.9 Å². The molecule has 27 heavy (non-hydrogen) atoms. The molecule has 140 valence electrons. The summed E-state index contributed by atoms with van der Waals surface area (Å²) in [5.41, 5.74) is 4.73. The smallest absolute Gasteiger partial charge is 0.409 e. The number of nitrogens with one attached hydrogen (secondary N) is 1. The van der Waals surface area contributed by atoms with Crippen LogP contribution in [0.3, 0.4) is 0 Å². The Morgan fingerprint density at radius 1 is 1.19 bits per heavy atom. The van der Waals surface area contributed by atoms with Crippen molar-refractivity contribution < 1.29 is 9.53 Å². The third-order valence-electron chi connectivity index (χ3n) is 6.75. The van der Waals surface area contributed by atoms with E-state index in [4.69, 9.17) is 4.74 Å². The topological polar surface area (TPSA) is 44.8 Å². The number of fused-ring (bicyclic) bond motifs is 2. The van der Waals surface area contributed by atoms with Crippen molar-refractivity contribution in [2.75, 3.05) is 37.0 Å². The van der Waals surface area contributed by atoms with Gasteiger partial charge >= 0.3 is 6.09 Å². The molecule has 0 unspecified atom stereocenters. The summed E-state index contributed by atoms with van der Waals surface area (Å²) in [4.78, 5) is 16.8. The molecule has 2 aromatic carbocycles. The maximum Gasteiger partial charge on any atom is 0.409 e. The van der Waals surface area contributed by atoms with E-state index in [9.17, 15) is 4.79 Å². The molecule has 1 saturated heterocycles. The Morgan fingerprint density at radius 3 is 2.81 bits per heavy atom. The molecule has 3 heterocycles. The van der Waals surface area contributed by atoms with Gasteiger partial charge in [0.1, 0.15) is 5.66 Å². The highest BCUT2D eigenvalue weighted by molar-refractivity contribution is 5.76. The van der Waals surface area contributed by atoms with E-state index in [2.05, 4.69) is 65.8 Å². The minimum absolute atomic E-state index is 0.0598. The van der Waals surface area contributed by atoms with Crippen LogP contribution in [0.4, 0.5) is 16.2 Å². The highest BCUT2D eigenvalue weighted by Crippen LogP contribution is 2.59. The van der Waals surface area contributed by atoms with Crippen LogP contribution in [0.5, 0.6) is 0 Å². The monoisotopic (exact) mass is 363 g/mol. The molecule has 0 saturated carbocycles. The average molecular weight is 363 g/mol. The molecule has 0 bridgehead atoms. The summed E-state index contributed by atoms with van der Waals surface area (Å²) in [5, 5.41) is 3.87. The number of likely N-dealkylation sites (N-methyl/N-ethyl adjacent to an activating group) is 1. The Hall–Kier alpha value is -2.69. The van der Waals surface area contributed by atoms with Gasteiger partial charge in [0.05, 0.1) is 13.2 Å². The Balaban J connectivity index is 1.67. The number of carbonyl (C=O) groups is 1. The molecule has 0 radical (unpaired) electrons. The SMILES string of the molecule is CCOC(=O)N1CC[C@@]23Cc4ccccc4N[C@]2(C1)N(C)c1ccccc13. The van der Waals surface area contributed by atoms with Gasteiger partial charge in [0.2, 0.25) is 0 Å². The number of anilines is 2. The molecule has 0 spiro atoms. The molecular formula is C22H25N3O2. The van der Waals surface area contributed by atoms with E-state index in [-0.39, 0.29) is 17.2 Å². The second-order valence-corrected chi connectivity index (χ2v) is 7.85. The number of piperidine rings is 1. The first kappa shape index (κ1) is 16.5. The maximum absolute atomic E-state index is 12.5. The lowest BCUT2D eigenvalue weighted by Crippen LogP contribution is -2.73. The number of hydrogen-bond acceptors (Lipinski definition) is 4. The van der Waals surface area contributed by atoms with E-state index in [1.807, 2.05) is 11.8 Å². The summed E-state index contributed by atoms with van der Waals surface area (Å²) in [7, 11) is 2.15. The fourth-order valence-electron chi connectivity index (χ4n) is 5.49. The Bertz CT molecular complexity index is 914. The van der Waals surface area contributed by atoms with E-state index in [1.54, 1.807) is 0 Å². The van der Waals surface area contributed by atoms with Crippen molar-refractivity contribution in [3.05, 3.63) is 59.7 Å². The molecule has 0 aromatic heterocycles. The maximum atomic E-state index is 12.5. The van der Waals surface area contributed by atoms with E-state index >= 15 is 0 Å². The van der Waals surface area contributed by atoms with Crippen LogP contribution < -0.4 is 10.2 Å². The number of nitrogens with zero attached hydrogens (tertiary/aromatic N) is 2. The molecule has 5 heteroatoms. The first-order valence-corrected chi connectivity index (χ1v) is 9.72. The van der Waals surface area contributed by atoms with Crippen molar-refractivity contribution >= 4 is 17.5 Å². The summed E-state index contributed by atoms with van der Waals surface area (Å²) < 4.78 is 5.33.